The lowest BCUT2D eigenvalue weighted by Crippen LogP contribution is -2.48. The Kier molecular flexibility index (Phi) is 5.59. The number of carbonyl (C=O) groups excluding carboxylic acids is 1. The summed E-state index contributed by atoms with van der Waals surface area (Å²) >= 11 is 2.00. The number of thioether (sulfide) groups is 1. The summed E-state index contributed by atoms with van der Waals surface area (Å²) in [4.78, 5) is 15.0. The third-order valence-corrected chi connectivity index (χ3v) is 5.65. The molecule has 2 aliphatic rings. The summed E-state index contributed by atoms with van der Waals surface area (Å²) in [6, 6.07) is 0.464. The molecule has 0 unspecified atom stereocenters. The first-order valence-electron chi connectivity index (χ1n) is 8.07. The number of allylic oxidation sites excluding steroid dienone is 2. The minimum atomic E-state index is 0.250. The van der Waals surface area contributed by atoms with Gasteiger partial charge in [0, 0.05) is 29.0 Å². The molecule has 0 saturated carbocycles. The first-order chi connectivity index (χ1) is 9.47. The van der Waals surface area contributed by atoms with Crippen LogP contribution in [0.3, 0.4) is 0 Å². The molecule has 2 atom stereocenters. The minimum Gasteiger partial charge on any atom is -0.339 e. The first kappa shape index (κ1) is 15.9. The van der Waals surface area contributed by atoms with Gasteiger partial charge < -0.3 is 4.90 Å². The highest BCUT2D eigenvalue weighted by molar-refractivity contribution is 8.00. The highest BCUT2D eigenvalue weighted by Gasteiger charge is 2.32. The van der Waals surface area contributed by atoms with E-state index in [9.17, 15) is 4.79 Å². The average molecular weight is 295 g/mol. The van der Waals surface area contributed by atoms with Crippen molar-refractivity contribution >= 4 is 17.7 Å². The Labute approximate surface area is 128 Å². The Morgan fingerprint density at radius 3 is 2.70 bits per heavy atom. The Morgan fingerprint density at radius 2 is 2.05 bits per heavy atom. The average Bonchev–Trinajstić information content (AvgIpc) is 2.45. The number of hydrogen-bond donors (Lipinski definition) is 0. The van der Waals surface area contributed by atoms with Gasteiger partial charge in [0.05, 0.1) is 0 Å². The van der Waals surface area contributed by atoms with E-state index in [0.717, 1.165) is 31.6 Å². The number of carbonyl (C=O) groups is 1. The fourth-order valence-corrected chi connectivity index (χ4v) is 4.10. The van der Waals surface area contributed by atoms with Crippen LogP contribution < -0.4 is 0 Å². The summed E-state index contributed by atoms with van der Waals surface area (Å²) < 4.78 is 0.291. The van der Waals surface area contributed by atoms with Crippen LogP contribution in [0.2, 0.25) is 0 Å². The van der Waals surface area contributed by atoms with Crippen molar-refractivity contribution < 1.29 is 4.79 Å². The van der Waals surface area contributed by atoms with Crippen molar-refractivity contribution in [3.63, 3.8) is 0 Å². The summed E-state index contributed by atoms with van der Waals surface area (Å²) in [7, 11) is 0. The van der Waals surface area contributed by atoms with Crippen LogP contribution in [0.5, 0.6) is 0 Å². The zero-order valence-electron chi connectivity index (χ0n) is 13.2. The summed E-state index contributed by atoms with van der Waals surface area (Å²) in [6.45, 7) is 7.77. The number of likely N-dealkylation sites (tertiary alicyclic amines) is 1. The van der Waals surface area contributed by atoms with E-state index in [4.69, 9.17) is 0 Å². The van der Waals surface area contributed by atoms with Crippen LogP contribution in [-0.4, -0.2) is 33.9 Å². The monoisotopic (exact) mass is 295 g/mol. The van der Waals surface area contributed by atoms with Gasteiger partial charge in [0.15, 0.2) is 0 Å². The van der Waals surface area contributed by atoms with Crippen LogP contribution in [0.4, 0.5) is 0 Å². The van der Waals surface area contributed by atoms with E-state index in [2.05, 4.69) is 37.8 Å². The van der Waals surface area contributed by atoms with Crippen LogP contribution in [-0.2, 0) is 4.79 Å². The summed E-state index contributed by atoms with van der Waals surface area (Å²) in [5.74, 6) is 1.77. The van der Waals surface area contributed by atoms with E-state index in [1.165, 1.54) is 19.3 Å². The SMILES string of the molecule is CC(C)(C)SC[C@H]1CCCCN1C(=O)[C@@H]1CC=CCC1. The first-order valence-corrected chi connectivity index (χ1v) is 9.05. The number of nitrogens with zero attached hydrogens (tertiary/aromatic N) is 1. The standard InChI is InChI=1S/C17H29NOS/c1-17(2,3)20-13-15-11-7-8-12-18(15)16(19)14-9-5-4-6-10-14/h4-5,14-15H,6-13H2,1-3H3/t14-,15-/m1/s1. The van der Waals surface area contributed by atoms with Crippen molar-refractivity contribution in [2.24, 2.45) is 5.92 Å². The molecular formula is C17H29NOS. The number of piperidine rings is 1. The molecule has 2 nitrogen and oxygen atoms in total. The molecule has 1 amide bonds. The second kappa shape index (κ2) is 7.02. The van der Waals surface area contributed by atoms with Gasteiger partial charge in [-0.05, 0) is 38.5 Å². The molecule has 20 heavy (non-hydrogen) atoms. The lowest BCUT2D eigenvalue weighted by Gasteiger charge is -2.39. The maximum absolute atomic E-state index is 12.8. The molecular weight excluding hydrogens is 266 g/mol. The lowest BCUT2D eigenvalue weighted by molar-refractivity contribution is -0.139. The minimum absolute atomic E-state index is 0.250. The topological polar surface area (TPSA) is 20.3 Å². The van der Waals surface area contributed by atoms with Gasteiger partial charge >= 0.3 is 0 Å². The van der Waals surface area contributed by atoms with Gasteiger partial charge in [-0.15, -0.1) is 0 Å². The van der Waals surface area contributed by atoms with Crippen LogP contribution in [0.25, 0.3) is 0 Å². The molecule has 0 aromatic carbocycles. The maximum atomic E-state index is 12.8. The number of amides is 1. The van der Waals surface area contributed by atoms with Gasteiger partial charge in [-0.1, -0.05) is 32.9 Å². The van der Waals surface area contributed by atoms with E-state index in [-0.39, 0.29) is 5.92 Å². The fourth-order valence-electron chi connectivity index (χ4n) is 3.06. The van der Waals surface area contributed by atoms with Crippen molar-refractivity contribution in [1.29, 1.82) is 0 Å². The molecule has 1 heterocycles. The summed E-state index contributed by atoms with van der Waals surface area (Å²) in [5, 5.41) is 0. The fraction of sp³-hybridized carbons (Fsp3) is 0.824. The zero-order chi connectivity index (χ0) is 14.6. The predicted octanol–water partition coefficient (Wildman–Crippen LogP) is 4.26. The van der Waals surface area contributed by atoms with E-state index < -0.39 is 0 Å². The molecule has 0 aromatic heterocycles. The van der Waals surface area contributed by atoms with Crippen molar-refractivity contribution in [3.05, 3.63) is 12.2 Å². The highest BCUT2D eigenvalue weighted by Crippen LogP contribution is 2.30. The van der Waals surface area contributed by atoms with Gasteiger partial charge in [-0.3, -0.25) is 4.79 Å². The molecule has 0 spiro atoms. The molecule has 0 N–H and O–H groups in total. The smallest absolute Gasteiger partial charge is 0.226 e. The van der Waals surface area contributed by atoms with E-state index in [1.54, 1.807) is 0 Å². The quantitative estimate of drug-likeness (QED) is 0.725. The molecule has 0 aromatic rings. The molecule has 1 aliphatic carbocycles. The Morgan fingerprint density at radius 1 is 1.25 bits per heavy atom. The Hall–Kier alpha value is -0.440. The van der Waals surface area contributed by atoms with Crippen LogP contribution in [0.15, 0.2) is 12.2 Å². The molecule has 3 heteroatoms. The number of hydrogen-bond acceptors (Lipinski definition) is 2. The largest absolute Gasteiger partial charge is 0.339 e. The van der Waals surface area contributed by atoms with Gasteiger partial charge in [0.25, 0.3) is 0 Å². The summed E-state index contributed by atoms with van der Waals surface area (Å²) in [6.07, 6.45) is 11.1. The van der Waals surface area contributed by atoms with Crippen molar-refractivity contribution in [2.75, 3.05) is 12.3 Å². The molecule has 1 aliphatic heterocycles. The molecule has 2 rings (SSSR count). The molecule has 0 bridgehead atoms. The Balaban J connectivity index is 1.95. The van der Waals surface area contributed by atoms with Crippen molar-refractivity contribution in [2.45, 2.75) is 70.1 Å². The van der Waals surface area contributed by atoms with Gasteiger partial charge in [-0.2, -0.15) is 11.8 Å². The second-order valence-electron chi connectivity index (χ2n) is 7.09. The molecule has 0 radical (unpaired) electrons. The van der Waals surface area contributed by atoms with Crippen LogP contribution >= 0.6 is 11.8 Å². The Bertz CT molecular complexity index is 358. The van der Waals surface area contributed by atoms with E-state index >= 15 is 0 Å². The molecule has 114 valence electrons. The number of rotatable bonds is 3. The predicted molar refractivity (Wildman–Crippen MR) is 88.0 cm³/mol. The summed E-state index contributed by atoms with van der Waals surface area (Å²) in [5.41, 5.74) is 0. The molecule has 1 fully saturated rings. The third-order valence-electron chi connectivity index (χ3n) is 4.24. The molecule has 1 saturated heterocycles. The second-order valence-corrected chi connectivity index (χ2v) is 8.93. The lowest BCUT2D eigenvalue weighted by atomic mass is 9.91. The van der Waals surface area contributed by atoms with Gasteiger partial charge in [-0.25, -0.2) is 0 Å². The maximum Gasteiger partial charge on any atom is 0.226 e. The van der Waals surface area contributed by atoms with Crippen LogP contribution in [0, 0.1) is 5.92 Å². The van der Waals surface area contributed by atoms with E-state index in [0.29, 0.717) is 16.7 Å². The van der Waals surface area contributed by atoms with E-state index in [1.807, 2.05) is 11.8 Å². The normalized spacial score (nSPS) is 27.6. The zero-order valence-corrected chi connectivity index (χ0v) is 14.0. The van der Waals surface area contributed by atoms with Crippen molar-refractivity contribution in [3.8, 4) is 0 Å². The highest BCUT2D eigenvalue weighted by atomic mass is 32.2. The van der Waals surface area contributed by atoms with Crippen LogP contribution in [0.1, 0.15) is 59.3 Å². The third kappa shape index (κ3) is 4.54. The van der Waals surface area contributed by atoms with Crippen molar-refractivity contribution in [1.82, 2.24) is 4.90 Å². The van der Waals surface area contributed by atoms with Gasteiger partial charge in [0.2, 0.25) is 5.91 Å². The van der Waals surface area contributed by atoms with Gasteiger partial charge in [0.1, 0.15) is 0 Å².